The molecule has 1 rings (SSSR count). The molecule has 0 aromatic heterocycles. The van der Waals surface area contributed by atoms with Gasteiger partial charge in [0.25, 0.3) is 5.60 Å². The van der Waals surface area contributed by atoms with Crippen LogP contribution in [0.25, 0.3) is 0 Å². The molecule has 0 aliphatic carbocycles. The lowest BCUT2D eigenvalue weighted by molar-refractivity contribution is -0.201. The number of hydrogen-bond donors (Lipinski definition) is 4. The predicted molar refractivity (Wildman–Crippen MR) is 75.3 cm³/mol. The largest absolute Gasteiger partial charge is 0.480 e. The van der Waals surface area contributed by atoms with Crippen LogP contribution in [0.2, 0.25) is 0 Å². The van der Waals surface area contributed by atoms with Crippen LogP contribution in [0, 0.1) is 5.41 Å². The minimum absolute atomic E-state index is 0. The highest BCUT2D eigenvalue weighted by atomic mass is 35.5. The third kappa shape index (κ3) is 3.43. The second-order valence-corrected chi connectivity index (χ2v) is 3.41. The van der Waals surface area contributed by atoms with E-state index in [2.05, 4.69) is 4.74 Å². The summed E-state index contributed by atoms with van der Waals surface area (Å²) < 4.78 is 4.44. The van der Waals surface area contributed by atoms with Gasteiger partial charge in [-0.3, -0.25) is 9.59 Å². The minimum atomic E-state index is -3.31. The Labute approximate surface area is 142 Å². The van der Waals surface area contributed by atoms with Gasteiger partial charge in [0.05, 0.1) is 6.61 Å². The fourth-order valence-electron chi connectivity index (χ4n) is 1.84. The topological polar surface area (TPSA) is 158 Å². The first kappa shape index (κ1) is 28.2. The van der Waals surface area contributed by atoms with Gasteiger partial charge in [-0.1, -0.05) is 0 Å². The fraction of sp³-hybridized carbons (Fsp3) is 0.500. The summed E-state index contributed by atoms with van der Waals surface area (Å²) in [6.45, 7) is -0.586. The van der Waals surface area contributed by atoms with Gasteiger partial charge >= 0.3 is 23.9 Å². The smallest absolute Gasteiger partial charge is 0.349 e. The van der Waals surface area contributed by atoms with Crippen molar-refractivity contribution in [2.75, 3.05) is 6.61 Å². The molecule has 0 spiro atoms. The Balaban J connectivity index is -0.000000361. The van der Waals surface area contributed by atoms with E-state index in [0.717, 1.165) is 0 Å². The zero-order valence-electron chi connectivity index (χ0n) is 9.88. The molecular weight excluding hydrogens is 382 g/mol. The number of halogens is 4. The van der Waals surface area contributed by atoms with Gasteiger partial charge in [0, 0.05) is 6.42 Å². The molecular formula is C8H12Cl4O9. The molecule has 9 nitrogen and oxygen atoms in total. The molecule has 1 heterocycles. The van der Waals surface area contributed by atoms with E-state index in [4.69, 9.17) is 20.4 Å². The van der Waals surface area contributed by atoms with E-state index in [-0.39, 0.29) is 49.6 Å². The quantitative estimate of drug-likeness (QED) is 0.487. The monoisotopic (exact) mass is 392 g/mol. The summed E-state index contributed by atoms with van der Waals surface area (Å²) in [4.78, 5) is 43.9. The molecule has 0 aromatic carbocycles. The minimum Gasteiger partial charge on any atom is -0.480 e. The summed E-state index contributed by atoms with van der Waals surface area (Å²) in [5.41, 5.74) is -6.35. The average molecular weight is 394 g/mol. The molecule has 1 aliphatic heterocycles. The molecule has 21 heavy (non-hydrogen) atoms. The Morgan fingerprint density at radius 1 is 0.714 bits per heavy atom. The molecule has 0 unspecified atom stereocenters. The fourth-order valence-corrected chi connectivity index (χ4v) is 1.84. The molecule has 13 heteroatoms. The normalized spacial score (nSPS) is 16.8. The maximum Gasteiger partial charge on any atom is 0.349 e. The summed E-state index contributed by atoms with van der Waals surface area (Å²) in [6, 6.07) is 0. The first-order valence-electron chi connectivity index (χ1n) is 4.31. The van der Waals surface area contributed by atoms with Crippen LogP contribution in [0.1, 0.15) is 6.42 Å². The number of carbonyl (C=O) groups is 4. The number of ether oxygens (including phenoxy) is 1. The number of hydrogen-bond acceptors (Lipinski definition) is 5. The lowest BCUT2D eigenvalue weighted by atomic mass is 9.71. The summed E-state index contributed by atoms with van der Waals surface area (Å²) in [6.07, 6.45) is -0.740. The molecule has 4 N–H and O–H groups in total. The zero-order chi connectivity index (χ0) is 13.4. The highest BCUT2D eigenvalue weighted by Gasteiger charge is 2.76. The van der Waals surface area contributed by atoms with Gasteiger partial charge in [0.15, 0.2) is 0 Å². The van der Waals surface area contributed by atoms with Gasteiger partial charge in [-0.2, -0.15) is 0 Å². The van der Waals surface area contributed by atoms with Crippen LogP contribution in [-0.2, 0) is 23.9 Å². The van der Waals surface area contributed by atoms with E-state index in [1.165, 1.54) is 0 Å². The summed E-state index contributed by atoms with van der Waals surface area (Å²) in [7, 11) is 0. The number of aliphatic carboxylic acids is 4. The Morgan fingerprint density at radius 2 is 1.05 bits per heavy atom. The van der Waals surface area contributed by atoms with E-state index in [1.54, 1.807) is 0 Å². The van der Waals surface area contributed by atoms with Crippen molar-refractivity contribution in [2.45, 2.75) is 12.0 Å². The van der Waals surface area contributed by atoms with Crippen LogP contribution in [0.5, 0.6) is 0 Å². The predicted octanol–water partition coefficient (Wildman–Crippen LogP) is 0.157. The van der Waals surface area contributed by atoms with Crippen molar-refractivity contribution in [2.24, 2.45) is 5.41 Å². The van der Waals surface area contributed by atoms with Crippen LogP contribution >= 0.6 is 49.6 Å². The van der Waals surface area contributed by atoms with Crippen molar-refractivity contribution >= 4 is 73.5 Å². The lowest BCUT2D eigenvalue weighted by Crippen LogP contribution is -2.64. The van der Waals surface area contributed by atoms with Crippen LogP contribution < -0.4 is 0 Å². The number of rotatable bonds is 4. The van der Waals surface area contributed by atoms with Crippen molar-refractivity contribution < 1.29 is 44.3 Å². The van der Waals surface area contributed by atoms with E-state index in [1.807, 2.05) is 0 Å². The molecule has 1 aliphatic rings. The van der Waals surface area contributed by atoms with Crippen molar-refractivity contribution in [1.82, 2.24) is 0 Å². The van der Waals surface area contributed by atoms with Gasteiger partial charge in [-0.15, -0.1) is 49.6 Å². The number of carboxylic acid groups (broad SMARTS) is 4. The van der Waals surface area contributed by atoms with Crippen LogP contribution in [0.15, 0.2) is 0 Å². The van der Waals surface area contributed by atoms with Crippen LogP contribution in [0.3, 0.4) is 0 Å². The molecule has 1 fully saturated rings. The molecule has 1 saturated heterocycles. The zero-order valence-corrected chi connectivity index (χ0v) is 13.1. The van der Waals surface area contributed by atoms with Crippen LogP contribution in [-0.4, -0.2) is 56.5 Å². The Morgan fingerprint density at radius 3 is 1.24 bits per heavy atom. The first-order valence-corrected chi connectivity index (χ1v) is 4.31. The second kappa shape index (κ2) is 9.11. The Kier molecular flexibility index (Phi) is 12.2. The molecule has 0 saturated carbocycles. The van der Waals surface area contributed by atoms with E-state index < -0.39 is 47.9 Å². The Bertz CT molecular complexity index is 358. The van der Waals surface area contributed by atoms with Gasteiger partial charge in [-0.25, -0.2) is 9.59 Å². The molecule has 0 bridgehead atoms. The highest BCUT2D eigenvalue weighted by Crippen LogP contribution is 2.45. The average Bonchev–Trinajstić information content (AvgIpc) is 2.58. The van der Waals surface area contributed by atoms with Gasteiger partial charge < -0.3 is 25.2 Å². The van der Waals surface area contributed by atoms with E-state index in [9.17, 15) is 19.2 Å². The number of carboxylic acids is 4. The van der Waals surface area contributed by atoms with Crippen LogP contribution in [0.4, 0.5) is 0 Å². The standard InChI is InChI=1S/C8H8O9.4ClH/c9-3(10)7(4(11)12)1-2-17-8(7,5(13)14)6(15)16;;;;/h1-2H2,(H,9,10)(H,11,12)(H,13,14)(H,15,16);4*1H. The van der Waals surface area contributed by atoms with Crippen molar-refractivity contribution in [3.05, 3.63) is 0 Å². The summed E-state index contributed by atoms with van der Waals surface area (Å²) >= 11 is 0. The summed E-state index contributed by atoms with van der Waals surface area (Å²) in [5, 5.41) is 35.4. The van der Waals surface area contributed by atoms with Gasteiger partial charge in [0.2, 0.25) is 5.41 Å². The van der Waals surface area contributed by atoms with Gasteiger partial charge in [-0.05, 0) is 0 Å². The molecule has 0 amide bonds. The maximum atomic E-state index is 11.0. The van der Waals surface area contributed by atoms with E-state index >= 15 is 0 Å². The molecule has 0 aromatic rings. The molecule has 0 atom stereocenters. The van der Waals surface area contributed by atoms with Crippen molar-refractivity contribution in [3.8, 4) is 0 Å². The molecule has 126 valence electrons. The maximum absolute atomic E-state index is 11.0. The first-order chi connectivity index (χ1) is 7.73. The highest BCUT2D eigenvalue weighted by molar-refractivity contribution is 6.16. The third-order valence-electron chi connectivity index (χ3n) is 2.73. The van der Waals surface area contributed by atoms with E-state index in [0.29, 0.717) is 0 Å². The summed E-state index contributed by atoms with van der Waals surface area (Å²) in [5.74, 6) is -8.45. The van der Waals surface area contributed by atoms with Crippen molar-refractivity contribution in [3.63, 3.8) is 0 Å². The lowest BCUT2D eigenvalue weighted by Gasteiger charge is -2.30. The molecule has 0 radical (unpaired) electrons. The third-order valence-corrected chi connectivity index (χ3v) is 2.73. The van der Waals surface area contributed by atoms with Crippen molar-refractivity contribution in [1.29, 1.82) is 0 Å². The SMILES string of the molecule is Cl.Cl.Cl.Cl.O=C(O)C1(C(=O)O)CCOC1(C(=O)O)C(=O)O. The van der Waals surface area contributed by atoms with Gasteiger partial charge in [0.1, 0.15) is 0 Å². The second-order valence-electron chi connectivity index (χ2n) is 3.41. The Hall–Kier alpha value is -1.00.